The highest BCUT2D eigenvalue weighted by Crippen LogP contribution is 2.33. The van der Waals surface area contributed by atoms with Gasteiger partial charge in [-0.2, -0.15) is 0 Å². The average Bonchev–Trinajstić information content (AvgIpc) is 3.21. The topological polar surface area (TPSA) is 90.3 Å². The van der Waals surface area contributed by atoms with E-state index < -0.39 is 5.97 Å². The summed E-state index contributed by atoms with van der Waals surface area (Å²) in [5.74, 6) is -0.895. The molecule has 0 saturated carbocycles. The molecular formula is C25H29N3O4S. The lowest BCUT2D eigenvalue weighted by Crippen LogP contribution is -2.25. The fourth-order valence-corrected chi connectivity index (χ4v) is 5.57. The zero-order chi connectivity index (χ0) is 23.4. The van der Waals surface area contributed by atoms with E-state index in [1.807, 2.05) is 32.0 Å². The van der Waals surface area contributed by atoms with Gasteiger partial charge in [0.15, 0.2) is 6.61 Å². The number of carbonyl (C=O) groups excluding carboxylic acids is 2. The van der Waals surface area contributed by atoms with Crippen molar-refractivity contribution in [2.75, 3.05) is 11.9 Å². The Balaban J connectivity index is 1.35. The molecule has 4 rings (SSSR count). The van der Waals surface area contributed by atoms with Gasteiger partial charge in [-0.25, -0.2) is 4.98 Å². The predicted molar refractivity (Wildman–Crippen MR) is 130 cm³/mol. The zero-order valence-electron chi connectivity index (χ0n) is 19.1. The van der Waals surface area contributed by atoms with E-state index in [4.69, 9.17) is 4.74 Å². The summed E-state index contributed by atoms with van der Waals surface area (Å²) in [7, 11) is 0. The molecule has 3 aromatic rings. The highest BCUT2D eigenvalue weighted by atomic mass is 32.1. The Morgan fingerprint density at radius 1 is 1.15 bits per heavy atom. The summed E-state index contributed by atoms with van der Waals surface area (Å²) in [5, 5.41) is 3.59. The van der Waals surface area contributed by atoms with E-state index >= 15 is 0 Å². The second-order valence-electron chi connectivity index (χ2n) is 8.25. The van der Waals surface area contributed by atoms with Crippen molar-refractivity contribution in [1.82, 2.24) is 9.55 Å². The van der Waals surface area contributed by atoms with Gasteiger partial charge < -0.3 is 10.1 Å². The quantitative estimate of drug-likeness (QED) is 0.505. The van der Waals surface area contributed by atoms with Crippen LogP contribution in [0.15, 0.2) is 29.3 Å². The number of hydrogen-bond donors (Lipinski definition) is 1. The number of anilines is 1. The third kappa shape index (κ3) is 5.00. The van der Waals surface area contributed by atoms with Gasteiger partial charge in [-0.05, 0) is 55.2 Å². The number of thiophene rings is 1. The number of esters is 1. The van der Waals surface area contributed by atoms with Gasteiger partial charge in [0, 0.05) is 17.1 Å². The second kappa shape index (κ2) is 10.3. The van der Waals surface area contributed by atoms with E-state index in [9.17, 15) is 14.4 Å². The molecule has 7 nitrogen and oxygen atoms in total. The van der Waals surface area contributed by atoms with Crippen molar-refractivity contribution in [2.24, 2.45) is 0 Å². The molecule has 0 fully saturated rings. The van der Waals surface area contributed by atoms with Crippen molar-refractivity contribution in [3.63, 3.8) is 0 Å². The number of benzene rings is 1. The van der Waals surface area contributed by atoms with E-state index in [-0.39, 0.29) is 31.0 Å². The zero-order valence-corrected chi connectivity index (χ0v) is 19.9. The SMILES string of the molecule is CCc1cccc(CC)c1NC(=O)COC(=O)CCn1cnc2sc3c(c2c1=O)CCCC3. The van der Waals surface area contributed by atoms with Gasteiger partial charge in [0.05, 0.1) is 18.1 Å². The molecule has 0 saturated heterocycles. The Morgan fingerprint density at radius 3 is 2.61 bits per heavy atom. The van der Waals surface area contributed by atoms with Crippen LogP contribution in [0.5, 0.6) is 0 Å². The van der Waals surface area contributed by atoms with E-state index in [0.29, 0.717) is 5.39 Å². The minimum atomic E-state index is -0.524. The largest absolute Gasteiger partial charge is 0.456 e. The van der Waals surface area contributed by atoms with Crippen molar-refractivity contribution in [2.45, 2.75) is 65.3 Å². The molecular weight excluding hydrogens is 438 g/mol. The van der Waals surface area contributed by atoms with Gasteiger partial charge in [-0.1, -0.05) is 32.0 Å². The summed E-state index contributed by atoms with van der Waals surface area (Å²) >= 11 is 1.60. The Hall–Kier alpha value is -3.00. The second-order valence-corrected chi connectivity index (χ2v) is 9.34. The maximum atomic E-state index is 13.0. The first-order chi connectivity index (χ1) is 16.0. The normalized spacial score (nSPS) is 13.0. The molecule has 2 aromatic heterocycles. The van der Waals surface area contributed by atoms with Crippen molar-refractivity contribution in [1.29, 1.82) is 0 Å². The molecule has 0 unspecified atom stereocenters. The van der Waals surface area contributed by atoms with Crippen LogP contribution in [0.4, 0.5) is 5.69 Å². The smallest absolute Gasteiger partial charge is 0.308 e. The fraction of sp³-hybridized carbons (Fsp3) is 0.440. The number of fused-ring (bicyclic) bond motifs is 3. The number of aryl methyl sites for hydroxylation is 5. The first-order valence-corrected chi connectivity index (χ1v) is 12.4. The van der Waals surface area contributed by atoms with Gasteiger partial charge >= 0.3 is 5.97 Å². The van der Waals surface area contributed by atoms with Crippen molar-refractivity contribution >= 4 is 39.1 Å². The number of hydrogen-bond acceptors (Lipinski definition) is 6. The molecule has 174 valence electrons. The minimum absolute atomic E-state index is 0.00153. The van der Waals surface area contributed by atoms with Crippen LogP contribution in [0.3, 0.4) is 0 Å². The maximum Gasteiger partial charge on any atom is 0.308 e. The molecule has 0 bridgehead atoms. The third-order valence-electron chi connectivity index (χ3n) is 6.13. The molecule has 2 heterocycles. The van der Waals surface area contributed by atoms with Crippen LogP contribution in [0.1, 0.15) is 54.7 Å². The molecule has 1 amide bonds. The Bertz CT molecular complexity index is 1220. The van der Waals surface area contributed by atoms with Crippen molar-refractivity contribution in [3.8, 4) is 0 Å². The van der Waals surface area contributed by atoms with Crippen LogP contribution >= 0.6 is 11.3 Å². The first-order valence-electron chi connectivity index (χ1n) is 11.6. The van der Waals surface area contributed by atoms with E-state index in [1.165, 1.54) is 15.8 Å². The summed E-state index contributed by atoms with van der Waals surface area (Å²) in [5.41, 5.74) is 3.92. The van der Waals surface area contributed by atoms with Gasteiger partial charge in [-0.3, -0.25) is 19.0 Å². The molecule has 8 heteroatoms. The van der Waals surface area contributed by atoms with Crippen LogP contribution in [-0.2, 0) is 46.6 Å². The Morgan fingerprint density at radius 2 is 1.88 bits per heavy atom. The van der Waals surface area contributed by atoms with Gasteiger partial charge in [-0.15, -0.1) is 11.3 Å². The van der Waals surface area contributed by atoms with Crippen LogP contribution in [0.25, 0.3) is 10.2 Å². The lowest BCUT2D eigenvalue weighted by atomic mass is 9.97. The number of aromatic nitrogens is 2. The number of amides is 1. The molecule has 0 atom stereocenters. The third-order valence-corrected chi connectivity index (χ3v) is 7.33. The monoisotopic (exact) mass is 467 g/mol. The molecule has 0 spiro atoms. The van der Waals surface area contributed by atoms with Crippen LogP contribution in [0.2, 0.25) is 0 Å². The standard InChI is InChI=1S/C25H29N3O4S/c1-3-16-8-7-9-17(4-2)23(16)27-20(29)14-32-21(30)12-13-28-15-26-24-22(25(28)31)18-10-5-6-11-19(18)33-24/h7-9,15H,3-6,10-14H2,1-2H3,(H,27,29). The molecule has 0 radical (unpaired) electrons. The van der Waals surface area contributed by atoms with E-state index in [2.05, 4.69) is 10.3 Å². The number of nitrogens with one attached hydrogen (secondary N) is 1. The van der Waals surface area contributed by atoms with E-state index in [0.717, 1.165) is 65.7 Å². The Kier molecular flexibility index (Phi) is 7.23. The summed E-state index contributed by atoms with van der Waals surface area (Å²) in [6, 6.07) is 5.94. The lowest BCUT2D eigenvalue weighted by molar-refractivity contribution is -0.147. The molecule has 1 aromatic carbocycles. The van der Waals surface area contributed by atoms with Gasteiger partial charge in [0.2, 0.25) is 0 Å². The molecule has 1 aliphatic carbocycles. The number of ether oxygens (including phenoxy) is 1. The van der Waals surface area contributed by atoms with Gasteiger partial charge in [0.25, 0.3) is 11.5 Å². The maximum absolute atomic E-state index is 13.0. The summed E-state index contributed by atoms with van der Waals surface area (Å²) in [6.07, 6.45) is 7.24. The molecule has 0 aliphatic heterocycles. The van der Waals surface area contributed by atoms with Crippen LogP contribution < -0.4 is 10.9 Å². The Labute approximate surface area is 196 Å². The summed E-state index contributed by atoms with van der Waals surface area (Å²) in [6.45, 7) is 3.88. The number of para-hydroxylation sites is 1. The highest BCUT2D eigenvalue weighted by Gasteiger charge is 2.20. The van der Waals surface area contributed by atoms with E-state index in [1.54, 1.807) is 11.3 Å². The van der Waals surface area contributed by atoms with Crippen molar-refractivity contribution in [3.05, 3.63) is 56.4 Å². The molecule has 1 N–H and O–H groups in total. The van der Waals surface area contributed by atoms with Crippen molar-refractivity contribution < 1.29 is 14.3 Å². The highest BCUT2D eigenvalue weighted by molar-refractivity contribution is 7.18. The summed E-state index contributed by atoms with van der Waals surface area (Å²) < 4.78 is 6.63. The first kappa shape index (κ1) is 23.2. The summed E-state index contributed by atoms with van der Waals surface area (Å²) in [4.78, 5) is 44.1. The van der Waals surface area contributed by atoms with Crippen LogP contribution in [0, 0.1) is 0 Å². The van der Waals surface area contributed by atoms with Gasteiger partial charge in [0.1, 0.15) is 4.83 Å². The minimum Gasteiger partial charge on any atom is -0.456 e. The number of nitrogens with zero attached hydrogens (tertiary/aromatic N) is 2. The molecule has 33 heavy (non-hydrogen) atoms. The number of rotatable bonds is 8. The average molecular weight is 468 g/mol. The molecule has 1 aliphatic rings. The lowest BCUT2D eigenvalue weighted by Gasteiger charge is -2.14. The fourth-order valence-electron chi connectivity index (χ4n) is 4.35. The van der Waals surface area contributed by atoms with Crippen LogP contribution in [-0.4, -0.2) is 28.0 Å². The predicted octanol–water partition coefficient (Wildman–Crippen LogP) is 4.03. The number of carbonyl (C=O) groups is 2.